The van der Waals surface area contributed by atoms with Crippen molar-refractivity contribution in [1.29, 1.82) is 0 Å². The van der Waals surface area contributed by atoms with Gasteiger partial charge in [0, 0.05) is 37.0 Å². The maximum atomic E-state index is 12.4. The Morgan fingerprint density at radius 3 is 2.65 bits per heavy atom. The average molecular weight is 352 g/mol. The van der Waals surface area contributed by atoms with Crippen LogP contribution in [0.4, 0.5) is 11.7 Å². The Bertz CT molecular complexity index is 914. The molecule has 4 rings (SSSR count). The molecule has 1 saturated heterocycles. The summed E-state index contributed by atoms with van der Waals surface area (Å²) in [5.74, 6) is -0.180. The van der Waals surface area contributed by atoms with Gasteiger partial charge in [0.2, 0.25) is 0 Å². The first-order valence-corrected chi connectivity index (χ1v) is 8.56. The number of carbonyl (C=O) groups excluding carboxylic acids is 1. The molecule has 134 valence electrons. The van der Waals surface area contributed by atoms with Crippen LogP contribution in [0, 0.1) is 0 Å². The van der Waals surface area contributed by atoms with Gasteiger partial charge in [-0.05, 0) is 29.8 Å². The molecule has 1 aliphatic rings. The van der Waals surface area contributed by atoms with E-state index in [4.69, 9.17) is 14.9 Å². The highest BCUT2D eigenvalue weighted by Crippen LogP contribution is 2.25. The lowest BCUT2D eigenvalue weighted by atomic mass is 10.1. The van der Waals surface area contributed by atoms with Crippen LogP contribution in [0.1, 0.15) is 15.9 Å². The lowest BCUT2D eigenvalue weighted by Crippen LogP contribution is -2.36. The third-order valence-electron chi connectivity index (χ3n) is 4.37. The van der Waals surface area contributed by atoms with Crippen LogP contribution in [-0.4, -0.2) is 37.2 Å². The van der Waals surface area contributed by atoms with E-state index >= 15 is 0 Å². The van der Waals surface area contributed by atoms with Gasteiger partial charge in [0.05, 0.1) is 13.2 Å². The molecule has 0 bridgehead atoms. The molecule has 1 aromatic heterocycles. The Kier molecular flexibility index (Phi) is 4.55. The van der Waals surface area contributed by atoms with E-state index in [1.807, 2.05) is 24.3 Å². The highest BCUT2D eigenvalue weighted by atomic mass is 16.5. The van der Waals surface area contributed by atoms with Gasteiger partial charge in [0.25, 0.3) is 11.9 Å². The number of nitrogens with two attached hydrogens (primary N) is 1. The summed E-state index contributed by atoms with van der Waals surface area (Å²) in [6.45, 7) is 3.31. The normalized spacial score (nSPS) is 14.6. The van der Waals surface area contributed by atoms with E-state index in [1.54, 1.807) is 18.2 Å². The van der Waals surface area contributed by atoms with Crippen LogP contribution in [0.15, 0.2) is 46.9 Å². The molecule has 7 heteroatoms. The molecule has 0 aliphatic carbocycles. The van der Waals surface area contributed by atoms with E-state index in [1.165, 1.54) is 0 Å². The first-order chi connectivity index (χ1) is 12.7. The van der Waals surface area contributed by atoms with Crippen LogP contribution in [0.3, 0.4) is 0 Å². The molecule has 3 aromatic rings. The predicted octanol–water partition coefficient (Wildman–Crippen LogP) is 2.38. The topological polar surface area (TPSA) is 93.6 Å². The molecule has 0 spiro atoms. The number of anilines is 2. The fraction of sp³-hybridized carbons (Fsp3) is 0.263. The van der Waals surface area contributed by atoms with Crippen LogP contribution in [-0.2, 0) is 11.3 Å². The molecule has 0 unspecified atom stereocenters. The number of morpholine rings is 1. The van der Waals surface area contributed by atoms with Crippen molar-refractivity contribution in [2.45, 2.75) is 6.54 Å². The molecular formula is C19H20N4O3. The number of benzene rings is 2. The molecule has 26 heavy (non-hydrogen) atoms. The van der Waals surface area contributed by atoms with Crippen molar-refractivity contribution in [1.82, 2.24) is 4.98 Å². The number of nitrogens with one attached hydrogen (secondary N) is 1. The molecule has 1 aliphatic heterocycles. The van der Waals surface area contributed by atoms with Crippen molar-refractivity contribution in [2.24, 2.45) is 5.73 Å². The second-order valence-corrected chi connectivity index (χ2v) is 6.13. The Labute approximate surface area is 150 Å². The molecule has 0 radical (unpaired) electrons. The zero-order valence-electron chi connectivity index (χ0n) is 14.3. The standard InChI is InChI=1S/C19H20N4O3/c20-12-13-1-3-14(4-2-13)18(24)21-15-5-6-16-17(11-15)26-19(22-16)23-7-9-25-10-8-23/h1-6,11H,7-10,12,20H2,(H,21,24). The number of hydrogen-bond donors (Lipinski definition) is 2. The first-order valence-electron chi connectivity index (χ1n) is 8.56. The summed E-state index contributed by atoms with van der Waals surface area (Å²) in [7, 11) is 0. The quantitative estimate of drug-likeness (QED) is 0.749. The Morgan fingerprint density at radius 1 is 1.15 bits per heavy atom. The maximum Gasteiger partial charge on any atom is 0.298 e. The van der Waals surface area contributed by atoms with Crippen LogP contribution >= 0.6 is 0 Å². The number of hydrogen-bond acceptors (Lipinski definition) is 6. The fourth-order valence-corrected chi connectivity index (χ4v) is 2.88. The number of ether oxygens (including phenoxy) is 1. The minimum absolute atomic E-state index is 0.180. The SMILES string of the molecule is NCc1ccc(C(=O)Nc2ccc3nc(N4CCOCC4)oc3c2)cc1. The van der Waals surface area contributed by atoms with E-state index in [2.05, 4.69) is 15.2 Å². The smallest absolute Gasteiger partial charge is 0.298 e. The Hall–Kier alpha value is -2.90. The molecule has 2 heterocycles. The molecule has 2 aromatic carbocycles. The number of aromatic nitrogens is 1. The third-order valence-corrected chi connectivity index (χ3v) is 4.37. The lowest BCUT2D eigenvalue weighted by molar-refractivity contribution is 0.102. The Morgan fingerprint density at radius 2 is 1.92 bits per heavy atom. The number of rotatable bonds is 4. The molecule has 7 nitrogen and oxygen atoms in total. The summed E-state index contributed by atoms with van der Waals surface area (Å²) in [6, 6.07) is 13.3. The van der Waals surface area contributed by atoms with E-state index in [9.17, 15) is 4.79 Å². The van der Waals surface area contributed by atoms with Crippen molar-refractivity contribution in [2.75, 3.05) is 36.5 Å². The fourth-order valence-electron chi connectivity index (χ4n) is 2.88. The van der Waals surface area contributed by atoms with E-state index in [0.717, 1.165) is 24.2 Å². The summed E-state index contributed by atoms with van der Waals surface area (Å²) >= 11 is 0. The molecule has 0 atom stereocenters. The molecule has 1 amide bonds. The number of fused-ring (bicyclic) bond motifs is 1. The van der Waals surface area contributed by atoms with Gasteiger partial charge in [0.15, 0.2) is 5.58 Å². The number of nitrogens with zero attached hydrogens (tertiary/aromatic N) is 2. The minimum atomic E-state index is -0.180. The molecular weight excluding hydrogens is 332 g/mol. The van der Waals surface area contributed by atoms with Crippen LogP contribution in [0.25, 0.3) is 11.1 Å². The largest absolute Gasteiger partial charge is 0.423 e. The zero-order chi connectivity index (χ0) is 17.9. The van der Waals surface area contributed by atoms with E-state index in [-0.39, 0.29) is 5.91 Å². The van der Waals surface area contributed by atoms with Gasteiger partial charge < -0.3 is 25.1 Å². The van der Waals surface area contributed by atoms with Gasteiger partial charge in [-0.1, -0.05) is 12.1 Å². The van der Waals surface area contributed by atoms with Gasteiger partial charge in [0.1, 0.15) is 5.52 Å². The van der Waals surface area contributed by atoms with Crippen LogP contribution < -0.4 is 16.0 Å². The van der Waals surface area contributed by atoms with Crippen LogP contribution in [0.2, 0.25) is 0 Å². The molecule has 3 N–H and O–H groups in total. The van der Waals surface area contributed by atoms with Gasteiger partial charge in [-0.2, -0.15) is 4.98 Å². The van der Waals surface area contributed by atoms with Crippen molar-refractivity contribution in [3.8, 4) is 0 Å². The number of carbonyl (C=O) groups is 1. The Balaban J connectivity index is 1.51. The van der Waals surface area contributed by atoms with Crippen molar-refractivity contribution >= 4 is 28.7 Å². The summed E-state index contributed by atoms with van der Waals surface area (Å²) < 4.78 is 11.2. The van der Waals surface area contributed by atoms with Gasteiger partial charge in [-0.25, -0.2) is 0 Å². The molecule has 1 fully saturated rings. The maximum absolute atomic E-state index is 12.4. The number of amides is 1. The lowest BCUT2D eigenvalue weighted by Gasteiger charge is -2.24. The highest BCUT2D eigenvalue weighted by molar-refractivity contribution is 6.04. The van der Waals surface area contributed by atoms with Crippen LogP contribution in [0.5, 0.6) is 0 Å². The monoisotopic (exact) mass is 352 g/mol. The number of oxazole rings is 1. The van der Waals surface area contributed by atoms with Crippen molar-refractivity contribution in [3.05, 3.63) is 53.6 Å². The second kappa shape index (κ2) is 7.15. The first kappa shape index (κ1) is 16.6. The molecule has 0 saturated carbocycles. The van der Waals surface area contributed by atoms with E-state index < -0.39 is 0 Å². The highest BCUT2D eigenvalue weighted by Gasteiger charge is 2.17. The van der Waals surface area contributed by atoms with Crippen molar-refractivity contribution in [3.63, 3.8) is 0 Å². The second-order valence-electron chi connectivity index (χ2n) is 6.13. The van der Waals surface area contributed by atoms with Gasteiger partial charge >= 0.3 is 0 Å². The van der Waals surface area contributed by atoms with Gasteiger partial charge in [-0.3, -0.25) is 4.79 Å². The minimum Gasteiger partial charge on any atom is -0.423 e. The summed E-state index contributed by atoms with van der Waals surface area (Å²) in [6.07, 6.45) is 0. The van der Waals surface area contributed by atoms with Crippen molar-refractivity contribution < 1.29 is 13.9 Å². The predicted molar refractivity (Wildman–Crippen MR) is 99.3 cm³/mol. The summed E-state index contributed by atoms with van der Waals surface area (Å²) in [5, 5.41) is 2.89. The summed E-state index contributed by atoms with van der Waals surface area (Å²) in [4.78, 5) is 19.0. The third kappa shape index (κ3) is 3.40. The van der Waals surface area contributed by atoms with Gasteiger partial charge in [-0.15, -0.1) is 0 Å². The zero-order valence-corrected chi connectivity index (χ0v) is 14.3. The summed E-state index contributed by atoms with van der Waals surface area (Å²) in [5.41, 5.74) is 9.21. The van der Waals surface area contributed by atoms with E-state index in [0.29, 0.717) is 42.6 Å². The average Bonchev–Trinajstić information content (AvgIpc) is 3.12.